The van der Waals surface area contributed by atoms with Crippen molar-refractivity contribution in [3.05, 3.63) is 454 Å². The number of hydrogen-bond donors (Lipinski definition) is 1. The van der Waals surface area contributed by atoms with Crippen LogP contribution in [-0.4, -0.2) is 5.43 Å². The number of para-hydroxylation sites is 4. The van der Waals surface area contributed by atoms with Crippen molar-refractivity contribution in [1.29, 1.82) is 10.5 Å². The third-order valence-electron chi connectivity index (χ3n) is 26.4. The third kappa shape index (κ3) is 27.0. The molecule has 5 atom stereocenters. The van der Waals surface area contributed by atoms with Crippen LogP contribution in [0.3, 0.4) is 0 Å². The standard InChI is InChI=1S/C59H53N3.C55H45N3.11Ar.BHS2/c1-5-7-15-42(6-2)23-26-46(45-16-9-8-10-17-45)25-22-41(3)44-27-29-47(30-28-44)48-31-34-50(35-32-48)62-57-20-13-11-18-53(57)59(54-19-12-14-21-58(54)62)55-38-43(40-60)24-36-51(55)52-37-33-49(61-4)39-56(52)59;1-4-6-14-41(40-15-8-7-9-16-40)23-22-39(5-2)42-24-26-43(27-25-42)44-28-31-46(32-29-44)58-53-19-12-10-17-49(53)55(50-18-11-13-20-54(50)58)51-35-38(37-56)21-33-47(51)48-34-30-45(57-3)36-52(48)55;;;;;;;;;;;;2-1-3/h6,8-14,16-21,24,27-39,41-42,46H,2,5,7,15,22-23,25-26H2,1,3H3;4,7-13,15-21,24-36,39,41H,1,5-6,14,22-23H2,2H3;;;;;;;;;;;;2H. The maximum Gasteiger partial charge on any atom is 0.187 e. The van der Waals surface area contributed by atoms with Crippen molar-refractivity contribution in [3.8, 4) is 56.6 Å². The first-order chi connectivity index (χ1) is 60.5. The molecule has 0 amide bonds. The Kier molecular flexibility index (Phi) is 56.7. The first kappa shape index (κ1) is 125. The van der Waals surface area contributed by atoms with Gasteiger partial charge in [0.1, 0.15) is 0 Å². The molecule has 134 heavy (non-hydrogen) atoms. The molecular weight excluding hydrogens is 1970 g/mol. The van der Waals surface area contributed by atoms with E-state index in [2.05, 4.69) is 399 Å². The summed E-state index contributed by atoms with van der Waals surface area (Å²) in [5, 5.41) is 20.2. The molecule has 5 unspecified atom stereocenters. The van der Waals surface area contributed by atoms with Crippen molar-refractivity contribution in [1.82, 2.24) is 0 Å². The summed E-state index contributed by atoms with van der Waals surface area (Å²) in [5.41, 5.74) is 32.5. The molecule has 0 radical (unpaired) electrons. The zero-order valence-corrected chi connectivity index (χ0v) is 83.6. The van der Waals surface area contributed by atoms with Gasteiger partial charge in [0.25, 0.3) is 0 Å². The Bertz CT molecular complexity index is 6200. The fourth-order valence-electron chi connectivity index (χ4n) is 20.3. The fraction of sp³-hybridized carbons (Fsp3) is 0.193. The molecule has 14 aromatic rings. The van der Waals surface area contributed by atoms with Gasteiger partial charge in [0.15, 0.2) is 11.4 Å². The van der Waals surface area contributed by atoms with Crippen LogP contribution in [0.1, 0.15) is 199 Å². The first-order valence-electron chi connectivity index (χ1n) is 43.4. The number of allylic oxidation sites excluding steroid dienone is 2. The van der Waals surface area contributed by atoms with E-state index in [4.69, 9.17) is 13.1 Å². The average Bonchev–Trinajstić information content (AvgIpc) is 1.49. The van der Waals surface area contributed by atoms with Crippen molar-refractivity contribution in [2.24, 2.45) is 5.92 Å². The second kappa shape index (κ2) is 60.8. The summed E-state index contributed by atoms with van der Waals surface area (Å²) in [6.07, 6.45) is 18.4. The molecule has 2 spiro atoms. The van der Waals surface area contributed by atoms with Gasteiger partial charge < -0.3 is 9.80 Å². The van der Waals surface area contributed by atoms with Gasteiger partial charge >= 0.3 is 30.0 Å². The molecular formula is C114H99Ar11BN6S2. The molecule has 2 heterocycles. The molecule has 4 aliphatic rings. The molecule has 0 fully saturated rings. The predicted molar refractivity (Wildman–Crippen MR) is 519 cm³/mol. The van der Waals surface area contributed by atoms with Crippen LogP contribution in [0.5, 0.6) is 0 Å². The molecule has 0 N–H and O–H groups in total. The summed E-state index contributed by atoms with van der Waals surface area (Å²) >= 11 is 7.61. The van der Waals surface area contributed by atoms with E-state index in [1.807, 2.05) is 30.3 Å². The maximum atomic E-state index is 10.1. The largest absolute Gasteiger partial charge is 0.310 e. The first-order valence-corrected chi connectivity index (χ1v) is 44.4. The Morgan fingerprint density at radius 3 is 1.04 bits per heavy atom. The van der Waals surface area contributed by atoms with Crippen molar-refractivity contribution in [2.45, 2.75) is 132 Å². The second-order valence-corrected chi connectivity index (χ2v) is 33.9. The Morgan fingerprint density at radius 1 is 0.373 bits per heavy atom. The van der Waals surface area contributed by atoms with Gasteiger partial charge in [-0.15, -0.1) is 13.2 Å². The minimum atomic E-state index is -0.702. The van der Waals surface area contributed by atoms with Gasteiger partial charge in [0.2, 0.25) is 0 Å². The van der Waals surface area contributed by atoms with Crippen LogP contribution in [0.4, 0.5) is 45.5 Å². The SMILES string of the molecule is S=BS.[Ar].[Ar].[Ar].[Ar].[Ar].[Ar].[Ar].[Ar].[Ar].[Ar].[Ar].[C-]#[N+]c1ccc2c(c1)C1(c3cc(C#N)ccc3-2)c2ccccc2N(c2ccc(-c3ccc(C(C)CCC(CCC(C=C)CCCC)c4ccccc4)cc3)cc2)c2ccccc21.[C-]#[N+]c1ccc2c(c1)C1(c3cc(C#N)ccc3-2)c2ccccc2N(c2ccc(-c3ccc(C(CC)CCC(CCC=C)c4ccccc4)cc3)cc2)c2ccccc21. The molecule has 6 nitrogen and oxygen atoms in total. The van der Waals surface area contributed by atoms with E-state index in [0.717, 1.165) is 127 Å². The number of fused-ring (bicyclic) bond motifs is 18. The quantitative estimate of drug-likeness (QED) is 0.0267. The molecule has 0 aromatic heterocycles. The van der Waals surface area contributed by atoms with Gasteiger partial charge in [-0.3, -0.25) is 0 Å². The van der Waals surface area contributed by atoms with E-state index in [1.165, 1.54) is 101 Å². The Hall–Kier alpha value is 0.612. The van der Waals surface area contributed by atoms with E-state index in [1.54, 1.807) is 0 Å². The minimum absolute atomic E-state index is 0. The zero-order chi connectivity index (χ0) is 85.0. The zero-order valence-electron chi connectivity index (χ0n) is 74.1. The molecule has 2 aliphatic heterocycles. The summed E-state index contributed by atoms with van der Waals surface area (Å²) in [5.74, 6) is 2.70. The number of thiol groups is 1. The van der Waals surface area contributed by atoms with Crippen LogP contribution in [0.25, 0.3) is 54.2 Å². The van der Waals surface area contributed by atoms with Crippen molar-refractivity contribution < 1.29 is 415 Å². The molecule has 18 rings (SSSR count). The molecule has 0 saturated heterocycles. The summed E-state index contributed by atoms with van der Waals surface area (Å²) in [6.45, 7) is 31.0. The van der Waals surface area contributed by atoms with Crippen molar-refractivity contribution in [3.63, 3.8) is 0 Å². The predicted octanol–water partition coefficient (Wildman–Crippen LogP) is 32.0. The van der Waals surface area contributed by atoms with Crippen LogP contribution < -0.4 is 9.80 Å². The van der Waals surface area contributed by atoms with E-state index in [-0.39, 0.29) is 415 Å². The summed E-state index contributed by atoms with van der Waals surface area (Å²) in [4.78, 5) is 12.5. The van der Waals surface area contributed by atoms with E-state index in [0.29, 0.717) is 52.1 Å². The van der Waals surface area contributed by atoms with E-state index < -0.39 is 10.8 Å². The second-order valence-electron chi connectivity index (χ2n) is 33.1. The number of nitrogens with zero attached hydrogens (tertiary/aromatic N) is 6. The van der Waals surface area contributed by atoms with Crippen LogP contribution in [0, 0.1) is 457 Å². The maximum absolute atomic E-state index is 10.1. The summed E-state index contributed by atoms with van der Waals surface area (Å²) in [6, 6.07) is 122. The minimum Gasteiger partial charge on any atom is -0.310 e. The van der Waals surface area contributed by atoms with Crippen LogP contribution in [-0.2, 0) is 10.8 Å². The van der Waals surface area contributed by atoms with E-state index in [9.17, 15) is 10.5 Å². The van der Waals surface area contributed by atoms with Crippen molar-refractivity contribution in [2.75, 3.05) is 9.80 Å². The Balaban J connectivity index is 0.000000427. The van der Waals surface area contributed by atoms with Gasteiger partial charge in [-0.1, -0.05) is 301 Å². The van der Waals surface area contributed by atoms with Gasteiger partial charge in [0, 0.05) is 426 Å². The van der Waals surface area contributed by atoms with Crippen LogP contribution in [0.2, 0.25) is 0 Å². The molecule has 20 heteroatoms. The van der Waals surface area contributed by atoms with Crippen molar-refractivity contribution >= 4 is 75.5 Å². The smallest absolute Gasteiger partial charge is 0.187 e. The number of hydrogen-bond acceptors (Lipinski definition) is 5. The van der Waals surface area contributed by atoms with Gasteiger partial charge in [-0.2, -0.15) is 10.5 Å². The van der Waals surface area contributed by atoms with Gasteiger partial charge in [0.05, 0.1) is 70.0 Å². The molecule has 0 bridgehead atoms. The van der Waals surface area contributed by atoms with Crippen LogP contribution >= 0.6 is 24.5 Å². The summed E-state index contributed by atoms with van der Waals surface area (Å²) in [7, 11) is 0. The number of benzene rings is 14. The van der Waals surface area contributed by atoms with Crippen LogP contribution in [0.15, 0.2) is 353 Å². The molecule has 2 aliphatic carbocycles. The molecule has 14 aromatic carbocycles. The van der Waals surface area contributed by atoms with E-state index >= 15 is 0 Å². The number of nitriles is 2. The Labute approximate surface area is 1140 Å². The van der Waals surface area contributed by atoms with Gasteiger partial charge in [-0.25, -0.2) is 9.69 Å². The third-order valence-corrected chi connectivity index (χ3v) is 26.4. The van der Waals surface area contributed by atoms with Gasteiger partial charge in [-0.05, 0) is 278 Å². The number of anilines is 6. The average molecular weight is 2070 g/mol. The normalized spacial score (nSPS) is 12.7. The number of unbranched alkanes of at least 4 members (excludes halogenated alkanes) is 1. The summed E-state index contributed by atoms with van der Waals surface area (Å²) < 4.78 is 0. The fourth-order valence-corrected chi connectivity index (χ4v) is 20.3. The monoisotopic (exact) mass is 2070 g/mol. The molecule has 688 valence electrons. The Morgan fingerprint density at radius 2 is 0.687 bits per heavy atom. The topological polar surface area (TPSA) is 62.8 Å². The molecule has 0 saturated carbocycles. The number of rotatable bonds is 25.